The van der Waals surface area contributed by atoms with E-state index in [0.29, 0.717) is 0 Å². The van der Waals surface area contributed by atoms with Crippen molar-refractivity contribution in [3.05, 3.63) is 95.6 Å². The van der Waals surface area contributed by atoms with E-state index in [1.54, 1.807) is 0 Å². The number of quaternary nitrogens is 1. The molecular formula is C25H28N3O2+. The molecule has 30 heavy (non-hydrogen) atoms. The molecule has 0 heterocycles. The van der Waals surface area contributed by atoms with Crippen LogP contribution < -0.4 is 15.5 Å². The Kier molecular flexibility index (Phi) is 6.99. The molecule has 0 bridgehead atoms. The minimum absolute atomic E-state index is 0.138. The van der Waals surface area contributed by atoms with Crippen LogP contribution in [0.15, 0.2) is 78.9 Å². The second kappa shape index (κ2) is 9.85. The Morgan fingerprint density at radius 1 is 0.767 bits per heavy atom. The third kappa shape index (κ3) is 5.78. The first-order valence-electron chi connectivity index (χ1n) is 10.0. The van der Waals surface area contributed by atoms with Crippen LogP contribution >= 0.6 is 0 Å². The van der Waals surface area contributed by atoms with Crippen molar-refractivity contribution in [3.63, 3.8) is 0 Å². The van der Waals surface area contributed by atoms with Gasteiger partial charge < -0.3 is 15.5 Å². The molecule has 5 nitrogen and oxygen atoms in total. The lowest BCUT2D eigenvalue weighted by Gasteiger charge is -2.24. The Labute approximate surface area is 177 Å². The molecule has 0 radical (unpaired) electrons. The third-order valence-electron chi connectivity index (χ3n) is 4.98. The summed E-state index contributed by atoms with van der Waals surface area (Å²) >= 11 is 0. The van der Waals surface area contributed by atoms with Gasteiger partial charge in [-0.25, -0.2) is 0 Å². The number of carbonyl (C=O) groups excluding carboxylic acids is 2. The van der Waals surface area contributed by atoms with E-state index < -0.39 is 6.04 Å². The summed E-state index contributed by atoms with van der Waals surface area (Å²) in [5.41, 5.74) is 4.61. The zero-order valence-corrected chi connectivity index (χ0v) is 17.6. The van der Waals surface area contributed by atoms with Gasteiger partial charge in [0.2, 0.25) is 0 Å². The van der Waals surface area contributed by atoms with Crippen molar-refractivity contribution in [3.8, 4) is 0 Å². The molecule has 3 rings (SSSR count). The van der Waals surface area contributed by atoms with Crippen LogP contribution in [0.5, 0.6) is 0 Å². The van der Waals surface area contributed by atoms with Gasteiger partial charge in [0.05, 0.1) is 7.05 Å². The molecule has 0 fully saturated rings. The zero-order chi connectivity index (χ0) is 21.5. The lowest BCUT2D eigenvalue weighted by Crippen LogP contribution is -3.11. The molecule has 3 aromatic carbocycles. The van der Waals surface area contributed by atoms with E-state index in [9.17, 15) is 9.59 Å². The highest BCUT2D eigenvalue weighted by atomic mass is 16.2. The van der Waals surface area contributed by atoms with E-state index in [4.69, 9.17) is 0 Å². The Balaban J connectivity index is 1.74. The van der Waals surface area contributed by atoms with Crippen molar-refractivity contribution in [2.24, 2.45) is 0 Å². The second-order valence-electron chi connectivity index (χ2n) is 7.64. The average Bonchev–Trinajstić information content (AvgIpc) is 2.72. The van der Waals surface area contributed by atoms with Gasteiger partial charge in [0.25, 0.3) is 11.8 Å². The minimum Gasteiger partial charge on any atom is -0.321 e. The normalized spacial score (nSPS) is 12.6. The van der Waals surface area contributed by atoms with Crippen LogP contribution in [0.1, 0.15) is 22.7 Å². The van der Waals surface area contributed by atoms with Gasteiger partial charge in [-0.3, -0.25) is 9.59 Å². The summed E-state index contributed by atoms with van der Waals surface area (Å²) in [7, 11) is 1.86. The predicted octanol–water partition coefficient (Wildman–Crippen LogP) is 3.14. The van der Waals surface area contributed by atoms with Crippen molar-refractivity contribution in [2.75, 3.05) is 24.2 Å². The number of hydrogen-bond donors (Lipinski definition) is 3. The average molecular weight is 403 g/mol. The monoisotopic (exact) mass is 402 g/mol. The molecule has 0 aliphatic heterocycles. The van der Waals surface area contributed by atoms with E-state index in [1.165, 1.54) is 0 Å². The molecule has 0 saturated carbocycles. The maximum absolute atomic E-state index is 13.2. The fraction of sp³-hybridized carbons (Fsp3) is 0.200. The molecule has 0 saturated heterocycles. The third-order valence-corrected chi connectivity index (χ3v) is 4.98. The Hall–Kier alpha value is -3.44. The number of carbonyl (C=O) groups is 2. The van der Waals surface area contributed by atoms with Crippen LogP contribution in [0, 0.1) is 13.8 Å². The summed E-state index contributed by atoms with van der Waals surface area (Å²) in [6, 6.07) is 24.4. The minimum atomic E-state index is -0.517. The van der Waals surface area contributed by atoms with Crippen molar-refractivity contribution in [2.45, 2.75) is 19.9 Å². The van der Waals surface area contributed by atoms with Crippen molar-refractivity contribution < 1.29 is 14.5 Å². The smallest absolute Gasteiger partial charge is 0.287 e. The van der Waals surface area contributed by atoms with Crippen molar-refractivity contribution >= 4 is 23.2 Å². The van der Waals surface area contributed by atoms with E-state index in [0.717, 1.165) is 33.0 Å². The summed E-state index contributed by atoms with van der Waals surface area (Å²) in [5, 5.41) is 5.90. The molecule has 0 aromatic heterocycles. The summed E-state index contributed by atoms with van der Waals surface area (Å²) < 4.78 is 0. The molecule has 154 valence electrons. The molecule has 0 spiro atoms. The summed E-state index contributed by atoms with van der Waals surface area (Å²) in [5.74, 6) is -0.286. The highest BCUT2D eigenvalue weighted by Crippen LogP contribution is 2.15. The number of rotatable bonds is 7. The lowest BCUT2D eigenvalue weighted by atomic mass is 10.0. The van der Waals surface area contributed by atoms with Gasteiger partial charge in [-0.1, -0.05) is 65.7 Å². The van der Waals surface area contributed by atoms with Gasteiger partial charge >= 0.3 is 0 Å². The van der Waals surface area contributed by atoms with Gasteiger partial charge in [0.1, 0.15) is 0 Å². The highest BCUT2D eigenvalue weighted by molar-refractivity contribution is 5.95. The lowest BCUT2D eigenvalue weighted by molar-refractivity contribution is -0.893. The van der Waals surface area contributed by atoms with E-state index in [2.05, 4.69) is 10.6 Å². The molecule has 0 aliphatic rings. The molecule has 2 atom stereocenters. The number of aryl methyl sites for hydroxylation is 2. The summed E-state index contributed by atoms with van der Waals surface area (Å²) in [6.45, 7) is 4.17. The topological polar surface area (TPSA) is 62.6 Å². The van der Waals surface area contributed by atoms with E-state index in [-0.39, 0.29) is 18.4 Å². The molecule has 0 aliphatic carbocycles. The first-order chi connectivity index (χ1) is 14.4. The number of amides is 2. The van der Waals surface area contributed by atoms with E-state index >= 15 is 0 Å². The van der Waals surface area contributed by atoms with Crippen LogP contribution in [-0.4, -0.2) is 25.4 Å². The van der Waals surface area contributed by atoms with Crippen LogP contribution in [0.3, 0.4) is 0 Å². The van der Waals surface area contributed by atoms with Crippen molar-refractivity contribution in [1.29, 1.82) is 0 Å². The first kappa shape index (κ1) is 21.3. The maximum atomic E-state index is 13.2. The number of hydrogen-bond acceptors (Lipinski definition) is 2. The van der Waals surface area contributed by atoms with Gasteiger partial charge in [0.15, 0.2) is 12.6 Å². The molecule has 1 unspecified atom stereocenters. The van der Waals surface area contributed by atoms with Crippen molar-refractivity contribution in [1.82, 2.24) is 0 Å². The molecule has 2 amide bonds. The number of benzene rings is 3. The van der Waals surface area contributed by atoms with Crippen LogP contribution in [-0.2, 0) is 9.59 Å². The molecular weight excluding hydrogens is 374 g/mol. The Bertz CT molecular complexity index is 983. The first-order valence-corrected chi connectivity index (χ1v) is 10.0. The SMILES string of the molecule is Cc1ccc(NC(=O)C[NH+](C)[C@@H](C(=O)Nc2ccc(C)cc2)c2ccccc2)cc1. The number of anilines is 2. The summed E-state index contributed by atoms with van der Waals surface area (Å²) in [6.07, 6.45) is 0. The zero-order valence-electron chi connectivity index (χ0n) is 17.6. The molecule has 3 N–H and O–H groups in total. The standard InChI is InChI=1S/C25H27N3O2/c1-18-9-13-21(14-10-18)26-23(29)17-28(3)24(20-7-5-4-6-8-20)25(30)27-22-15-11-19(2)12-16-22/h4-16,24H,17H2,1-3H3,(H,26,29)(H,27,30)/p+1/t24-/m1/s1. The van der Waals surface area contributed by atoms with Gasteiger partial charge in [-0.2, -0.15) is 0 Å². The Morgan fingerprint density at radius 2 is 1.27 bits per heavy atom. The summed E-state index contributed by atoms with van der Waals surface area (Å²) in [4.78, 5) is 26.5. The quantitative estimate of drug-likeness (QED) is 0.569. The maximum Gasteiger partial charge on any atom is 0.287 e. The largest absolute Gasteiger partial charge is 0.321 e. The number of nitrogens with one attached hydrogen (secondary N) is 3. The van der Waals surface area contributed by atoms with Crippen LogP contribution in [0.2, 0.25) is 0 Å². The van der Waals surface area contributed by atoms with Gasteiger partial charge in [-0.15, -0.1) is 0 Å². The van der Waals surface area contributed by atoms with Crippen LogP contribution in [0.25, 0.3) is 0 Å². The van der Waals surface area contributed by atoms with Gasteiger partial charge in [0, 0.05) is 16.9 Å². The number of likely N-dealkylation sites (N-methyl/N-ethyl adjacent to an activating group) is 1. The van der Waals surface area contributed by atoms with Gasteiger partial charge in [-0.05, 0) is 38.1 Å². The predicted molar refractivity (Wildman–Crippen MR) is 121 cm³/mol. The Morgan fingerprint density at radius 3 is 1.80 bits per heavy atom. The second-order valence-corrected chi connectivity index (χ2v) is 7.64. The van der Waals surface area contributed by atoms with E-state index in [1.807, 2.05) is 99.8 Å². The fourth-order valence-electron chi connectivity index (χ4n) is 3.35. The highest BCUT2D eigenvalue weighted by Gasteiger charge is 2.30. The molecule has 3 aromatic rings. The van der Waals surface area contributed by atoms with Crippen LogP contribution in [0.4, 0.5) is 11.4 Å². The fourth-order valence-corrected chi connectivity index (χ4v) is 3.35. The molecule has 5 heteroatoms.